The van der Waals surface area contributed by atoms with E-state index in [-0.39, 0.29) is 19.6 Å². The van der Waals surface area contributed by atoms with Gasteiger partial charge in [0.25, 0.3) is 0 Å². The smallest absolute Gasteiger partial charge is 0.407 e. The molecular weight excluding hydrogens is 286 g/mol. The topological polar surface area (TPSA) is 81.7 Å². The standard InChI is InChI=1S/C16H21NO5/c1-16(2,3)22-15(20)17-10-9-13(18)14(19)21-11-12-7-5-4-6-8-12/h4-8H,9-11H2,1-3H3,(H,17,20). The van der Waals surface area contributed by atoms with E-state index in [2.05, 4.69) is 5.32 Å². The van der Waals surface area contributed by atoms with Crippen molar-refractivity contribution in [2.24, 2.45) is 0 Å². The summed E-state index contributed by atoms with van der Waals surface area (Å²) in [4.78, 5) is 34.4. The summed E-state index contributed by atoms with van der Waals surface area (Å²) < 4.78 is 9.90. The molecule has 0 aliphatic carbocycles. The Morgan fingerprint density at radius 1 is 1.09 bits per heavy atom. The molecule has 6 nitrogen and oxygen atoms in total. The fourth-order valence-electron chi connectivity index (χ4n) is 1.50. The maximum atomic E-state index is 11.6. The first-order chi connectivity index (χ1) is 10.3. The zero-order valence-electron chi connectivity index (χ0n) is 13.0. The van der Waals surface area contributed by atoms with E-state index in [0.29, 0.717) is 0 Å². The molecule has 120 valence electrons. The maximum absolute atomic E-state index is 11.6. The summed E-state index contributed by atoms with van der Waals surface area (Å²) in [6.07, 6.45) is -0.759. The normalized spacial score (nSPS) is 10.7. The minimum absolute atomic E-state index is 0.0220. The number of alkyl carbamates (subject to hydrolysis) is 1. The van der Waals surface area contributed by atoms with Crippen LogP contribution in [0.1, 0.15) is 32.8 Å². The predicted molar refractivity (Wildman–Crippen MR) is 80.1 cm³/mol. The third-order valence-electron chi connectivity index (χ3n) is 2.46. The van der Waals surface area contributed by atoms with Crippen molar-refractivity contribution in [2.45, 2.75) is 39.4 Å². The number of Topliss-reactive ketones (excluding diaryl/α,β-unsaturated/α-hetero) is 1. The van der Waals surface area contributed by atoms with Gasteiger partial charge in [0.15, 0.2) is 0 Å². The number of nitrogens with one attached hydrogen (secondary N) is 1. The van der Waals surface area contributed by atoms with Gasteiger partial charge in [0, 0.05) is 13.0 Å². The van der Waals surface area contributed by atoms with Crippen LogP contribution in [0.3, 0.4) is 0 Å². The van der Waals surface area contributed by atoms with E-state index in [0.717, 1.165) is 5.56 Å². The third kappa shape index (κ3) is 7.42. The largest absolute Gasteiger partial charge is 0.455 e. The van der Waals surface area contributed by atoms with Gasteiger partial charge in [0.05, 0.1) is 0 Å². The summed E-state index contributed by atoms with van der Waals surface area (Å²) in [6.45, 7) is 5.27. The summed E-state index contributed by atoms with van der Waals surface area (Å²) in [5, 5.41) is 2.41. The number of carbonyl (C=O) groups is 3. The van der Waals surface area contributed by atoms with Crippen LogP contribution in [0.15, 0.2) is 30.3 Å². The minimum atomic E-state index is -0.908. The summed E-state index contributed by atoms with van der Waals surface area (Å²) in [5.41, 5.74) is 0.193. The average Bonchev–Trinajstić information content (AvgIpc) is 2.43. The number of rotatable bonds is 6. The summed E-state index contributed by atoms with van der Waals surface area (Å²) in [6, 6.07) is 9.06. The van der Waals surface area contributed by atoms with Crippen LogP contribution in [0.5, 0.6) is 0 Å². The van der Waals surface area contributed by atoms with Crippen LogP contribution in [0.2, 0.25) is 0 Å². The van der Waals surface area contributed by atoms with Crippen molar-refractivity contribution in [3.05, 3.63) is 35.9 Å². The van der Waals surface area contributed by atoms with Gasteiger partial charge in [-0.3, -0.25) is 4.79 Å². The van der Waals surface area contributed by atoms with E-state index in [1.807, 2.05) is 18.2 Å². The highest BCUT2D eigenvalue weighted by Crippen LogP contribution is 2.06. The molecule has 0 atom stereocenters. The molecule has 0 bridgehead atoms. The van der Waals surface area contributed by atoms with E-state index in [1.54, 1.807) is 32.9 Å². The monoisotopic (exact) mass is 307 g/mol. The lowest BCUT2D eigenvalue weighted by Crippen LogP contribution is -2.34. The van der Waals surface area contributed by atoms with Crippen LogP contribution in [-0.4, -0.2) is 30.0 Å². The van der Waals surface area contributed by atoms with Crippen molar-refractivity contribution < 1.29 is 23.9 Å². The molecule has 0 radical (unpaired) electrons. The van der Waals surface area contributed by atoms with Crippen LogP contribution in [-0.2, 0) is 25.7 Å². The van der Waals surface area contributed by atoms with Crippen molar-refractivity contribution in [3.63, 3.8) is 0 Å². The first-order valence-electron chi connectivity index (χ1n) is 6.98. The van der Waals surface area contributed by atoms with Crippen molar-refractivity contribution in [1.82, 2.24) is 5.32 Å². The van der Waals surface area contributed by atoms with Crippen molar-refractivity contribution >= 4 is 17.8 Å². The van der Waals surface area contributed by atoms with Crippen molar-refractivity contribution in [1.29, 1.82) is 0 Å². The molecule has 0 aromatic heterocycles. The molecular formula is C16H21NO5. The summed E-state index contributed by atoms with van der Waals surface area (Å²) >= 11 is 0. The molecule has 1 N–H and O–H groups in total. The van der Waals surface area contributed by atoms with E-state index in [1.165, 1.54) is 0 Å². The van der Waals surface area contributed by atoms with Gasteiger partial charge < -0.3 is 14.8 Å². The molecule has 1 amide bonds. The fraction of sp³-hybridized carbons (Fsp3) is 0.438. The van der Waals surface area contributed by atoms with Gasteiger partial charge in [0.1, 0.15) is 12.2 Å². The Morgan fingerprint density at radius 3 is 2.32 bits per heavy atom. The maximum Gasteiger partial charge on any atom is 0.407 e. The molecule has 6 heteroatoms. The van der Waals surface area contributed by atoms with Crippen molar-refractivity contribution in [2.75, 3.05) is 6.54 Å². The Morgan fingerprint density at radius 2 is 1.73 bits per heavy atom. The van der Waals surface area contributed by atoms with Crippen LogP contribution < -0.4 is 5.32 Å². The number of carbonyl (C=O) groups excluding carboxylic acids is 3. The number of ether oxygens (including phenoxy) is 2. The van der Waals surface area contributed by atoms with Gasteiger partial charge >= 0.3 is 12.1 Å². The fourth-order valence-corrected chi connectivity index (χ4v) is 1.50. The van der Waals surface area contributed by atoms with Gasteiger partial charge in [-0.25, -0.2) is 9.59 Å². The van der Waals surface area contributed by atoms with Crippen LogP contribution in [0, 0.1) is 0 Å². The van der Waals surface area contributed by atoms with Gasteiger partial charge in [-0.15, -0.1) is 0 Å². The number of hydrogen-bond acceptors (Lipinski definition) is 5. The second kappa shape index (κ2) is 8.17. The number of amides is 1. The van der Waals surface area contributed by atoms with Crippen molar-refractivity contribution in [3.8, 4) is 0 Å². The molecule has 0 unspecified atom stereocenters. The molecule has 1 aromatic carbocycles. The van der Waals surface area contributed by atoms with Crippen LogP contribution in [0.4, 0.5) is 4.79 Å². The highest BCUT2D eigenvalue weighted by atomic mass is 16.6. The zero-order chi connectivity index (χ0) is 16.6. The predicted octanol–water partition coefficient (Wildman–Crippen LogP) is 2.21. The van der Waals surface area contributed by atoms with Gasteiger partial charge in [0.2, 0.25) is 5.78 Å². The quantitative estimate of drug-likeness (QED) is 0.643. The number of esters is 1. The molecule has 1 aromatic rings. The molecule has 0 spiro atoms. The second-order valence-corrected chi connectivity index (χ2v) is 5.66. The van der Waals surface area contributed by atoms with Crippen LogP contribution in [0.25, 0.3) is 0 Å². The molecule has 22 heavy (non-hydrogen) atoms. The molecule has 0 aliphatic heterocycles. The molecule has 0 fully saturated rings. The lowest BCUT2D eigenvalue weighted by molar-refractivity contribution is -0.154. The summed E-state index contributed by atoms with van der Waals surface area (Å²) in [5.74, 6) is -1.60. The number of hydrogen-bond donors (Lipinski definition) is 1. The molecule has 0 saturated carbocycles. The first kappa shape index (κ1) is 17.7. The lowest BCUT2D eigenvalue weighted by atomic mass is 10.2. The minimum Gasteiger partial charge on any atom is -0.455 e. The number of benzene rings is 1. The molecule has 0 saturated heterocycles. The molecule has 0 aliphatic rings. The second-order valence-electron chi connectivity index (χ2n) is 5.66. The average molecular weight is 307 g/mol. The lowest BCUT2D eigenvalue weighted by Gasteiger charge is -2.19. The van der Waals surface area contributed by atoms with E-state index in [9.17, 15) is 14.4 Å². The third-order valence-corrected chi connectivity index (χ3v) is 2.46. The van der Waals surface area contributed by atoms with Gasteiger partial charge in [-0.1, -0.05) is 30.3 Å². The van der Waals surface area contributed by atoms with Gasteiger partial charge in [-0.05, 0) is 26.3 Å². The Balaban J connectivity index is 2.24. The van der Waals surface area contributed by atoms with E-state index >= 15 is 0 Å². The highest BCUT2D eigenvalue weighted by molar-refractivity contribution is 6.33. The Kier molecular flexibility index (Phi) is 6.56. The summed E-state index contributed by atoms with van der Waals surface area (Å²) in [7, 11) is 0. The van der Waals surface area contributed by atoms with Gasteiger partial charge in [-0.2, -0.15) is 0 Å². The highest BCUT2D eigenvalue weighted by Gasteiger charge is 2.18. The number of ketones is 1. The Bertz CT molecular complexity index is 519. The Labute approximate surface area is 129 Å². The SMILES string of the molecule is CC(C)(C)OC(=O)NCCC(=O)C(=O)OCc1ccccc1. The Hall–Kier alpha value is -2.37. The first-order valence-corrected chi connectivity index (χ1v) is 6.98. The molecule has 0 heterocycles. The van der Waals surface area contributed by atoms with E-state index < -0.39 is 23.4 Å². The molecule has 1 rings (SSSR count). The zero-order valence-corrected chi connectivity index (χ0v) is 13.0. The van der Waals surface area contributed by atoms with E-state index in [4.69, 9.17) is 9.47 Å². The van der Waals surface area contributed by atoms with Crippen LogP contribution >= 0.6 is 0 Å².